The van der Waals surface area contributed by atoms with Gasteiger partial charge >= 0.3 is 0 Å². The number of rotatable bonds is 5. The SMILES string of the molecule is C#CCN(CC)S(=O)(=O)c1c(C)oc(C)c1CO. The average molecular weight is 271 g/mol. The zero-order chi connectivity index (χ0) is 13.9. The van der Waals surface area contributed by atoms with Gasteiger partial charge in [0.05, 0.1) is 13.2 Å². The van der Waals surface area contributed by atoms with Crippen molar-refractivity contribution >= 4 is 10.0 Å². The predicted octanol–water partition coefficient (Wildman–Crippen LogP) is 1.03. The van der Waals surface area contributed by atoms with Gasteiger partial charge in [0, 0.05) is 12.1 Å². The molecule has 0 aliphatic rings. The van der Waals surface area contributed by atoms with Crippen LogP contribution in [-0.4, -0.2) is 30.9 Å². The number of hydrogen-bond donors (Lipinski definition) is 1. The molecule has 0 spiro atoms. The fourth-order valence-electron chi connectivity index (χ4n) is 1.83. The molecule has 0 aliphatic carbocycles. The summed E-state index contributed by atoms with van der Waals surface area (Å²) in [6.45, 7) is 4.76. The summed E-state index contributed by atoms with van der Waals surface area (Å²) in [6.07, 6.45) is 5.16. The van der Waals surface area contributed by atoms with Crippen LogP contribution < -0.4 is 0 Å². The van der Waals surface area contributed by atoms with Crippen LogP contribution in [0.3, 0.4) is 0 Å². The van der Waals surface area contributed by atoms with Crippen molar-refractivity contribution < 1.29 is 17.9 Å². The molecule has 0 atom stereocenters. The maximum absolute atomic E-state index is 12.4. The normalized spacial score (nSPS) is 11.8. The first kappa shape index (κ1) is 14.8. The number of hydrogen-bond acceptors (Lipinski definition) is 4. The Bertz CT molecular complexity index is 566. The van der Waals surface area contributed by atoms with Gasteiger partial charge in [-0.05, 0) is 13.8 Å². The van der Waals surface area contributed by atoms with Crippen LogP contribution in [0.1, 0.15) is 24.0 Å². The lowest BCUT2D eigenvalue weighted by Gasteiger charge is -2.18. The van der Waals surface area contributed by atoms with Gasteiger partial charge in [0.25, 0.3) is 0 Å². The van der Waals surface area contributed by atoms with Gasteiger partial charge in [-0.15, -0.1) is 6.42 Å². The molecule has 0 saturated heterocycles. The van der Waals surface area contributed by atoms with Crippen LogP contribution in [0.25, 0.3) is 0 Å². The molecule has 0 radical (unpaired) electrons. The summed E-state index contributed by atoms with van der Waals surface area (Å²) in [7, 11) is -3.73. The van der Waals surface area contributed by atoms with Crippen LogP contribution in [0.15, 0.2) is 9.31 Å². The second-order valence-electron chi connectivity index (χ2n) is 3.82. The minimum absolute atomic E-state index is 0.00658. The number of terminal acetylenes is 1. The molecule has 0 amide bonds. The number of aryl methyl sites for hydroxylation is 2. The minimum Gasteiger partial charge on any atom is -0.465 e. The summed E-state index contributed by atoms with van der Waals surface area (Å²) in [6, 6.07) is 0. The summed E-state index contributed by atoms with van der Waals surface area (Å²) >= 11 is 0. The van der Waals surface area contributed by atoms with Gasteiger partial charge in [0.15, 0.2) is 0 Å². The smallest absolute Gasteiger partial charge is 0.247 e. The highest BCUT2D eigenvalue weighted by Gasteiger charge is 2.30. The van der Waals surface area contributed by atoms with E-state index >= 15 is 0 Å². The van der Waals surface area contributed by atoms with Gasteiger partial charge in [-0.2, -0.15) is 4.31 Å². The molecule has 6 heteroatoms. The Hall–Kier alpha value is -1.29. The Labute approximate surface area is 107 Å². The van der Waals surface area contributed by atoms with Crippen molar-refractivity contribution in [2.45, 2.75) is 32.3 Å². The lowest BCUT2D eigenvalue weighted by molar-refractivity contribution is 0.276. The number of furan rings is 1. The first-order valence-electron chi connectivity index (χ1n) is 5.53. The highest BCUT2D eigenvalue weighted by molar-refractivity contribution is 7.89. The molecule has 0 saturated carbocycles. The molecule has 1 aromatic rings. The predicted molar refractivity (Wildman–Crippen MR) is 67.4 cm³/mol. The maximum Gasteiger partial charge on any atom is 0.247 e. The fourth-order valence-corrected chi connectivity index (χ4v) is 3.60. The van der Waals surface area contributed by atoms with Crippen LogP contribution >= 0.6 is 0 Å². The Morgan fingerprint density at radius 1 is 1.39 bits per heavy atom. The molecule has 0 aromatic carbocycles. The summed E-state index contributed by atoms with van der Waals surface area (Å²) in [5, 5.41) is 9.28. The minimum atomic E-state index is -3.73. The lowest BCUT2D eigenvalue weighted by atomic mass is 10.2. The van der Waals surface area contributed by atoms with Gasteiger partial charge < -0.3 is 9.52 Å². The lowest BCUT2D eigenvalue weighted by Crippen LogP contribution is -2.32. The van der Waals surface area contributed by atoms with Crippen LogP contribution in [0.2, 0.25) is 0 Å². The standard InChI is InChI=1S/C12H17NO4S/c1-5-7-13(6-2)18(15,16)12-10(4)17-9(3)11(12)8-14/h1,14H,6-8H2,2-4H3. The highest BCUT2D eigenvalue weighted by Crippen LogP contribution is 2.29. The van der Waals surface area contributed by atoms with E-state index in [1.165, 1.54) is 4.31 Å². The first-order chi connectivity index (χ1) is 8.39. The highest BCUT2D eigenvalue weighted by atomic mass is 32.2. The van der Waals surface area contributed by atoms with Gasteiger partial charge in [-0.25, -0.2) is 8.42 Å². The molecule has 0 aliphatic heterocycles. The Balaban J connectivity index is 3.41. The van der Waals surface area contributed by atoms with Crippen molar-refractivity contribution in [3.05, 3.63) is 17.1 Å². The molecule has 18 heavy (non-hydrogen) atoms. The van der Waals surface area contributed by atoms with E-state index in [9.17, 15) is 13.5 Å². The Kier molecular flexibility index (Phi) is 4.57. The quantitative estimate of drug-likeness (QED) is 0.812. The topological polar surface area (TPSA) is 70.8 Å². The molecule has 1 aromatic heterocycles. The number of aliphatic hydroxyl groups is 1. The second kappa shape index (κ2) is 5.57. The summed E-state index contributed by atoms with van der Waals surface area (Å²) in [5.41, 5.74) is 0.294. The van der Waals surface area contributed by atoms with Crippen molar-refractivity contribution in [2.75, 3.05) is 13.1 Å². The third kappa shape index (κ3) is 2.43. The van der Waals surface area contributed by atoms with E-state index in [1.54, 1.807) is 20.8 Å². The molecular formula is C12H17NO4S. The molecule has 5 nitrogen and oxygen atoms in total. The van der Waals surface area contributed by atoms with Crippen molar-refractivity contribution in [1.82, 2.24) is 4.31 Å². The molecule has 1 N–H and O–H groups in total. The number of nitrogens with zero attached hydrogens (tertiary/aromatic N) is 1. The van der Waals surface area contributed by atoms with Crippen LogP contribution in [0, 0.1) is 26.2 Å². The zero-order valence-corrected chi connectivity index (χ0v) is 11.5. The summed E-state index contributed by atoms with van der Waals surface area (Å²) < 4.78 is 31.3. The first-order valence-corrected chi connectivity index (χ1v) is 6.97. The van der Waals surface area contributed by atoms with E-state index in [0.717, 1.165) is 0 Å². The molecule has 0 fully saturated rings. The van der Waals surface area contributed by atoms with Gasteiger partial charge in [0.2, 0.25) is 10.0 Å². The maximum atomic E-state index is 12.4. The van der Waals surface area contributed by atoms with Crippen LogP contribution in [-0.2, 0) is 16.6 Å². The monoisotopic (exact) mass is 271 g/mol. The Morgan fingerprint density at radius 2 is 2.00 bits per heavy atom. The molecule has 100 valence electrons. The van der Waals surface area contributed by atoms with E-state index in [0.29, 0.717) is 11.3 Å². The summed E-state index contributed by atoms with van der Waals surface area (Å²) in [5.74, 6) is 2.99. The zero-order valence-electron chi connectivity index (χ0n) is 10.7. The largest absolute Gasteiger partial charge is 0.465 e. The third-order valence-electron chi connectivity index (χ3n) is 2.70. The number of sulfonamides is 1. The van der Waals surface area contributed by atoms with Crippen molar-refractivity contribution in [2.24, 2.45) is 0 Å². The second-order valence-corrected chi connectivity index (χ2v) is 5.69. The average Bonchev–Trinajstić information content (AvgIpc) is 2.60. The molecular weight excluding hydrogens is 254 g/mol. The third-order valence-corrected chi connectivity index (χ3v) is 4.82. The molecule has 0 unspecified atom stereocenters. The summed E-state index contributed by atoms with van der Waals surface area (Å²) in [4.78, 5) is 0.0274. The van der Waals surface area contributed by atoms with E-state index in [4.69, 9.17) is 10.8 Å². The van der Waals surface area contributed by atoms with Crippen molar-refractivity contribution in [3.63, 3.8) is 0 Å². The molecule has 1 rings (SSSR count). The van der Waals surface area contributed by atoms with Crippen molar-refractivity contribution in [1.29, 1.82) is 0 Å². The fraction of sp³-hybridized carbons (Fsp3) is 0.500. The van der Waals surface area contributed by atoms with E-state index < -0.39 is 10.0 Å². The Morgan fingerprint density at radius 3 is 2.44 bits per heavy atom. The van der Waals surface area contributed by atoms with Gasteiger partial charge in [0.1, 0.15) is 16.4 Å². The van der Waals surface area contributed by atoms with Gasteiger partial charge in [-0.1, -0.05) is 12.8 Å². The van der Waals surface area contributed by atoms with E-state index in [2.05, 4.69) is 5.92 Å². The molecule has 1 heterocycles. The van der Waals surface area contributed by atoms with E-state index in [-0.39, 0.29) is 30.4 Å². The van der Waals surface area contributed by atoms with Gasteiger partial charge in [-0.3, -0.25) is 0 Å². The van der Waals surface area contributed by atoms with E-state index in [1.807, 2.05) is 0 Å². The molecule has 0 bridgehead atoms. The van der Waals surface area contributed by atoms with Crippen LogP contribution in [0.5, 0.6) is 0 Å². The number of aliphatic hydroxyl groups excluding tert-OH is 1. The van der Waals surface area contributed by atoms with Crippen LogP contribution in [0.4, 0.5) is 0 Å². The van der Waals surface area contributed by atoms with Crippen molar-refractivity contribution in [3.8, 4) is 12.3 Å².